The summed E-state index contributed by atoms with van der Waals surface area (Å²) in [5.41, 5.74) is 4.21. The predicted molar refractivity (Wildman–Crippen MR) is 167 cm³/mol. The van der Waals surface area contributed by atoms with E-state index in [0.717, 1.165) is 73.8 Å². The number of aliphatic hydroxyl groups is 1. The number of rotatable bonds is 17. The van der Waals surface area contributed by atoms with Crippen LogP contribution in [0.1, 0.15) is 86.5 Å². The molecule has 0 amide bonds. The summed E-state index contributed by atoms with van der Waals surface area (Å²) < 4.78 is 5.23. The number of hydrogen-bond acceptors (Lipinski definition) is 4. The SMILES string of the molecule is [CH2-]CCCC(CCC[C-](C)[C@H]([CH-]CO)c1ccc(C#Cc2cccnc2)cc1)C(=O)CCCc1ccc(OC)cc1.[Li+]. The van der Waals surface area contributed by atoms with Crippen molar-refractivity contribution in [3.63, 3.8) is 0 Å². The third kappa shape index (κ3) is 12.2. The molecule has 0 aliphatic rings. The second-order valence-electron chi connectivity index (χ2n) is 10.6. The molecule has 0 saturated heterocycles. The Morgan fingerprint density at radius 1 is 1.02 bits per heavy atom. The number of methoxy groups -OCH3 is 1. The first-order chi connectivity index (χ1) is 20.0. The van der Waals surface area contributed by atoms with Gasteiger partial charge >= 0.3 is 18.9 Å². The van der Waals surface area contributed by atoms with Gasteiger partial charge in [0.2, 0.25) is 0 Å². The van der Waals surface area contributed by atoms with Crippen molar-refractivity contribution in [1.82, 2.24) is 4.98 Å². The molecule has 2 aromatic carbocycles. The molecule has 0 spiro atoms. The molecule has 0 bridgehead atoms. The Balaban J connectivity index is 0.00000616. The second-order valence-corrected chi connectivity index (χ2v) is 10.6. The molecule has 3 aromatic rings. The minimum Gasteiger partial charge on any atom is -0.497 e. The molecule has 0 radical (unpaired) electrons. The van der Waals surface area contributed by atoms with Gasteiger partial charge in [-0.05, 0) is 67.6 Å². The van der Waals surface area contributed by atoms with Gasteiger partial charge in [-0.3, -0.25) is 15.7 Å². The average molecular weight is 558 g/mol. The van der Waals surface area contributed by atoms with E-state index in [0.29, 0.717) is 12.2 Å². The minimum absolute atomic E-state index is 0. The van der Waals surface area contributed by atoms with Crippen LogP contribution in [-0.2, 0) is 11.2 Å². The number of nitrogens with zero attached hydrogens (tertiary/aromatic N) is 1. The number of benzene rings is 2. The van der Waals surface area contributed by atoms with Gasteiger partial charge in [-0.25, -0.2) is 0 Å². The fraction of sp³-hybridized carbons (Fsp3) is 0.378. The Kier molecular flexibility index (Phi) is 17.0. The number of ether oxygens (including phenoxy) is 1. The van der Waals surface area contributed by atoms with Crippen LogP contribution >= 0.6 is 0 Å². The maximum absolute atomic E-state index is 13.1. The van der Waals surface area contributed by atoms with Crippen LogP contribution < -0.4 is 23.6 Å². The first-order valence-corrected chi connectivity index (χ1v) is 14.8. The molecule has 42 heavy (non-hydrogen) atoms. The smallest absolute Gasteiger partial charge is 0.497 e. The van der Waals surface area contributed by atoms with Gasteiger partial charge in [0.25, 0.3) is 0 Å². The summed E-state index contributed by atoms with van der Waals surface area (Å²) in [4.78, 5) is 17.3. The van der Waals surface area contributed by atoms with Crippen LogP contribution in [0.15, 0.2) is 73.1 Å². The summed E-state index contributed by atoms with van der Waals surface area (Å²) in [6, 6.07) is 20.2. The summed E-state index contributed by atoms with van der Waals surface area (Å²) in [7, 11) is 1.67. The largest absolute Gasteiger partial charge is 1.00 e. The molecule has 0 aliphatic heterocycles. The number of carbonyl (C=O) groups excluding carboxylic acids is 1. The molecule has 218 valence electrons. The predicted octanol–water partition coefficient (Wildman–Crippen LogP) is 4.75. The summed E-state index contributed by atoms with van der Waals surface area (Å²) in [5.74, 6) is 9.04. The molecule has 4 nitrogen and oxygen atoms in total. The zero-order valence-electron chi connectivity index (χ0n) is 25.6. The molecule has 1 N–H and O–H groups in total. The fourth-order valence-corrected chi connectivity index (χ4v) is 5.18. The Hall–Kier alpha value is -2.82. The summed E-state index contributed by atoms with van der Waals surface area (Å²) >= 11 is 0. The number of pyridine rings is 1. The topological polar surface area (TPSA) is 59.4 Å². The van der Waals surface area contributed by atoms with Crippen molar-refractivity contribution >= 4 is 5.78 Å². The van der Waals surface area contributed by atoms with Gasteiger partial charge in [0.05, 0.1) is 7.11 Å². The van der Waals surface area contributed by atoms with Crippen LogP contribution in [0.4, 0.5) is 0 Å². The summed E-state index contributed by atoms with van der Waals surface area (Å²) in [5, 5.41) is 9.73. The quantitative estimate of drug-likeness (QED) is 0.148. The van der Waals surface area contributed by atoms with Crippen molar-refractivity contribution in [2.45, 2.75) is 70.6 Å². The number of unbranched alkanes of at least 4 members (excludes halogenated alkanes) is 1. The van der Waals surface area contributed by atoms with Gasteiger partial charge in [0.15, 0.2) is 0 Å². The van der Waals surface area contributed by atoms with E-state index < -0.39 is 0 Å². The summed E-state index contributed by atoms with van der Waals surface area (Å²) in [6.45, 7) is 6.17. The number of Topliss-reactive ketones (excluding diaryl/α,β-unsaturated/α-hetero) is 1. The Bertz CT molecular complexity index is 1220. The third-order valence-electron chi connectivity index (χ3n) is 7.58. The van der Waals surface area contributed by atoms with Crippen molar-refractivity contribution in [2.75, 3.05) is 13.7 Å². The minimum atomic E-state index is 0. The molecule has 0 aliphatic carbocycles. The summed E-state index contributed by atoms with van der Waals surface area (Å²) in [6.07, 6.45) is 13.4. The van der Waals surface area contributed by atoms with Crippen LogP contribution in [0, 0.1) is 37.0 Å². The molecule has 0 fully saturated rings. The standard InChI is InChI=1S/C37H44NO3.Li/c1-4-5-12-34(37(40)14-7-10-30-19-23-35(41-3)24-20-30)13-6-9-29(2)36(25-27-39)33-21-17-31(18-22-33)15-16-32-11-8-26-38-28-32;/h8,11,17-26,28,34,36,39H,1,4-7,9-10,12-14,27H2,2-3H3;/q-3;+1/t34?,36-;/m0./s1. The van der Waals surface area contributed by atoms with Gasteiger partial charge < -0.3 is 29.1 Å². The van der Waals surface area contributed by atoms with Gasteiger partial charge in [0.1, 0.15) is 11.5 Å². The molecule has 5 heteroatoms. The molecule has 1 unspecified atom stereocenters. The van der Waals surface area contributed by atoms with Crippen LogP contribution in [0.25, 0.3) is 0 Å². The van der Waals surface area contributed by atoms with E-state index in [4.69, 9.17) is 4.74 Å². The molecular formula is C37H44LiNO3-2. The third-order valence-corrected chi connectivity index (χ3v) is 7.58. The van der Waals surface area contributed by atoms with E-state index in [2.05, 4.69) is 54.9 Å². The van der Waals surface area contributed by atoms with E-state index in [-0.39, 0.29) is 37.3 Å². The molecule has 0 saturated carbocycles. The molecule has 1 heterocycles. The van der Waals surface area contributed by atoms with Gasteiger partial charge in [-0.1, -0.05) is 55.6 Å². The second kappa shape index (κ2) is 20.1. The van der Waals surface area contributed by atoms with Crippen molar-refractivity contribution in [3.05, 3.63) is 115 Å². The molecule has 1 aromatic heterocycles. The van der Waals surface area contributed by atoms with Gasteiger partial charge in [0, 0.05) is 35.9 Å². The van der Waals surface area contributed by atoms with E-state index in [1.54, 1.807) is 19.5 Å². The number of carbonyl (C=O) groups is 1. The molecule has 3 rings (SSSR count). The Morgan fingerprint density at radius 3 is 2.38 bits per heavy atom. The zero-order chi connectivity index (χ0) is 29.3. The first kappa shape index (κ1) is 35.4. The van der Waals surface area contributed by atoms with Crippen molar-refractivity contribution in [2.24, 2.45) is 5.92 Å². The maximum Gasteiger partial charge on any atom is 1.00 e. The van der Waals surface area contributed by atoms with Crippen LogP contribution in [0.5, 0.6) is 5.75 Å². The molecular weight excluding hydrogens is 513 g/mol. The zero-order valence-corrected chi connectivity index (χ0v) is 25.6. The van der Waals surface area contributed by atoms with E-state index in [1.165, 1.54) is 11.5 Å². The number of aromatic nitrogens is 1. The van der Waals surface area contributed by atoms with Crippen molar-refractivity contribution in [1.29, 1.82) is 0 Å². The number of hydrogen-bond donors (Lipinski definition) is 1. The van der Waals surface area contributed by atoms with Crippen LogP contribution in [-0.4, -0.2) is 29.6 Å². The Morgan fingerprint density at radius 2 is 1.74 bits per heavy atom. The normalized spacial score (nSPS) is 12.1. The van der Waals surface area contributed by atoms with Gasteiger partial charge in [-0.15, -0.1) is 5.56 Å². The first-order valence-electron chi connectivity index (χ1n) is 14.8. The van der Waals surface area contributed by atoms with Crippen LogP contribution in [0.3, 0.4) is 0 Å². The van der Waals surface area contributed by atoms with E-state index in [9.17, 15) is 9.90 Å². The van der Waals surface area contributed by atoms with E-state index in [1.807, 2.05) is 42.8 Å². The van der Waals surface area contributed by atoms with Gasteiger partial charge in [-0.2, -0.15) is 19.8 Å². The average Bonchev–Trinajstić information content (AvgIpc) is 3.01. The monoisotopic (exact) mass is 557 g/mol. The van der Waals surface area contributed by atoms with Crippen molar-refractivity contribution in [3.8, 4) is 17.6 Å². The maximum atomic E-state index is 13.1. The van der Waals surface area contributed by atoms with Crippen molar-refractivity contribution < 1.29 is 33.5 Å². The Labute approximate surface area is 265 Å². The number of aliphatic hydroxyl groups excluding tert-OH is 1. The number of ketones is 1. The molecule has 2 atom stereocenters. The van der Waals surface area contributed by atoms with Crippen LogP contribution in [0.2, 0.25) is 0 Å². The fourth-order valence-electron chi connectivity index (χ4n) is 5.18. The van der Waals surface area contributed by atoms with E-state index >= 15 is 0 Å². The number of aryl methyl sites for hydroxylation is 1.